The largest absolute Gasteiger partial charge is 0.390 e. The lowest BCUT2D eigenvalue weighted by Gasteiger charge is -2.32. The topological polar surface area (TPSA) is 46.2 Å². The van der Waals surface area contributed by atoms with E-state index in [1.807, 2.05) is 24.3 Å². The van der Waals surface area contributed by atoms with E-state index in [2.05, 4.69) is 12.1 Å². The third-order valence-corrected chi connectivity index (χ3v) is 4.05. The maximum Gasteiger partial charge on any atom is 0.0898 e. The molecule has 0 bridgehead atoms. The molecule has 0 aromatic heterocycles. The maximum atomic E-state index is 9.91. The maximum absolute atomic E-state index is 9.91. The van der Waals surface area contributed by atoms with Gasteiger partial charge in [0.05, 0.1) is 11.5 Å². The average molecular weight is 248 g/mol. The Hall–Kier alpha value is -1.09. The van der Waals surface area contributed by atoms with E-state index in [9.17, 15) is 5.11 Å². The van der Waals surface area contributed by atoms with Crippen LogP contribution in [-0.4, -0.2) is 17.3 Å². The number of aliphatic hydroxyl groups is 1. The van der Waals surface area contributed by atoms with Crippen LogP contribution in [0.5, 0.6) is 0 Å². The fourth-order valence-corrected chi connectivity index (χ4v) is 2.99. The van der Waals surface area contributed by atoms with E-state index >= 15 is 0 Å². The normalized spacial score (nSPS) is 28.1. The number of rotatable bonds is 0. The Balaban J connectivity index is 2.27. The van der Waals surface area contributed by atoms with Gasteiger partial charge in [0.15, 0.2) is 0 Å². The standard InChI is InChI=1S/C14H14ClNO/c15-13-10-6-5-8-3-1-2-4-9(8)11(10)7-12(16)14(13)17/h1-6,12-14,17H,7,16H2. The van der Waals surface area contributed by atoms with Crippen molar-refractivity contribution < 1.29 is 5.11 Å². The molecule has 2 aromatic rings. The summed E-state index contributed by atoms with van der Waals surface area (Å²) in [6, 6.07) is 12.0. The van der Waals surface area contributed by atoms with E-state index in [1.165, 1.54) is 16.3 Å². The molecule has 0 saturated heterocycles. The summed E-state index contributed by atoms with van der Waals surface area (Å²) < 4.78 is 0. The summed E-state index contributed by atoms with van der Waals surface area (Å²) in [6.45, 7) is 0. The van der Waals surface area contributed by atoms with Gasteiger partial charge in [0.2, 0.25) is 0 Å². The Morgan fingerprint density at radius 1 is 1.18 bits per heavy atom. The number of hydrogen-bond acceptors (Lipinski definition) is 2. The zero-order valence-corrected chi connectivity index (χ0v) is 10.1. The van der Waals surface area contributed by atoms with Crippen LogP contribution in [0.3, 0.4) is 0 Å². The van der Waals surface area contributed by atoms with Crippen LogP contribution in [-0.2, 0) is 6.42 Å². The molecule has 1 aliphatic rings. The van der Waals surface area contributed by atoms with Gasteiger partial charge in [0.25, 0.3) is 0 Å². The van der Waals surface area contributed by atoms with Gasteiger partial charge in [0, 0.05) is 6.04 Å². The molecule has 0 radical (unpaired) electrons. The van der Waals surface area contributed by atoms with Gasteiger partial charge in [0.1, 0.15) is 0 Å². The molecule has 3 rings (SSSR count). The Labute approximate surface area is 105 Å². The van der Waals surface area contributed by atoms with Gasteiger partial charge in [-0.15, -0.1) is 11.6 Å². The molecule has 3 unspecified atom stereocenters. The highest BCUT2D eigenvalue weighted by atomic mass is 35.5. The molecule has 1 aliphatic carbocycles. The number of nitrogens with two attached hydrogens (primary N) is 1. The molecule has 3 atom stereocenters. The van der Waals surface area contributed by atoms with Crippen LogP contribution in [0.1, 0.15) is 16.5 Å². The quantitative estimate of drug-likeness (QED) is 0.702. The summed E-state index contributed by atoms with van der Waals surface area (Å²) in [5.74, 6) is 0. The summed E-state index contributed by atoms with van der Waals surface area (Å²) in [6.07, 6.45) is 0.0199. The van der Waals surface area contributed by atoms with E-state index in [1.54, 1.807) is 0 Å². The second kappa shape index (κ2) is 3.98. The first-order valence-electron chi connectivity index (χ1n) is 5.76. The van der Waals surface area contributed by atoms with Crippen LogP contribution in [0.25, 0.3) is 10.8 Å². The Morgan fingerprint density at radius 3 is 2.76 bits per heavy atom. The second-order valence-corrected chi connectivity index (χ2v) is 5.09. The zero-order valence-electron chi connectivity index (χ0n) is 9.31. The highest BCUT2D eigenvalue weighted by molar-refractivity contribution is 6.21. The molecular weight excluding hydrogens is 234 g/mol. The molecule has 0 aliphatic heterocycles. The number of halogens is 1. The zero-order chi connectivity index (χ0) is 12.0. The third-order valence-electron chi connectivity index (χ3n) is 3.55. The molecule has 0 heterocycles. The average Bonchev–Trinajstić information content (AvgIpc) is 2.36. The van der Waals surface area contributed by atoms with Crippen LogP contribution < -0.4 is 5.73 Å². The summed E-state index contributed by atoms with van der Waals surface area (Å²) in [5.41, 5.74) is 8.13. The Morgan fingerprint density at radius 2 is 1.94 bits per heavy atom. The van der Waals surface area contributed by atoms with Crippen molar-refractivity contribution in [3.63, 3.8) is 0 Å². The minimum atomic E-state index is -0.662. The number of fused-ring (bicyclic) bond motifs is 3. The molecule has 2 nitrogen and oxygen atoms in total. The summed E-state index contributed by atoms with van der Waals surface area (Å²) in [4.78, 5) is 0. The highest BCUT2D eigenvalue weighted by Gasteiger charge is 2.32. The first kappa shape index (κ1) is 11.0. The van der Waals surface area contributed by atoms with Crippen LogP contribution >= 0.6 is 11.6 Å². The van der Waals surface area contributed by atoms with E-state index in [-0.39, 0.29) is 6.04 Å². The van der Waals surface area contributed by atoms with Crippen LogP contribution in [0, 0.1) is 0 Å². The van der Waals surface area contributed by atoms with Gasteiger partial charge in [-0.05, 0) is 28.3 Å². The van der Waals surface area contributed by atoms with Crippen molar-refractivity contribution in [1.82, 2.24) is 0 Å². The fourth-order valence-electron chi connectivity index (χ4n) is 2.60. The lowest BCUT2D eigenvalue weighted by atomic mass is 9.83. The molecule has 3 N–H and O–H groups in total. The summed E-state index contributed by atoms with van der Waals surface area (Å²) in [7, 11) is 0. The molecule has 17 heavy (non-hydrogen) atoms. The Kier molecular flexibility index (Phi) is 2.58. The molecule has 3 heteroatoms. The molecular formula is C14H14ClNO. The molecule has 0 spiro atoms. The number of alkyl halides is 1. The SMILES string of the molecule is NC1Cc2c(ccc3ccccc23)C(Cl)C1O. The number of hydrogen-bond donors (Lipinski definition) is 2. The van der Waals surface area contributed by atoms with Crippen molar-refractivity contribution >= 4 is 22.4 Å². The lowest BCUT2D eigenvalue weighted by molar-refractivity contribution is 0.132. The smallest absolute Gasteiger partial charge is 0.0898 e. The van der Waals surface area contributed by atoms with Crippen molar-refractivity contribution in [2.45, 2.75) is 23.9 Å². The molecule has 0 amide bonds. The first-order valence-corrected chi connectivity index (χ1v) is 6.20. The van der Waals surface area contributed by atoms with Gasteiger partial charge in [-0.2, -0.15) is 0 Å². The van der Waals surface area contributed by atoms with Crippen molar-refractivity contribution in [3.05, 3.63) is 47.5 Å². The van der Waals surface area contributed by atoms with E-state index in [4.69, 9.17) is 17.3 Å². The Bertz CT molecular complexity index is 569. The number of aliphatic hydroxyl groups excluding tert-OH is 1. The van der Waals surface area contributed by atoms with Crippen molar-refractivity contribution in [1.29, 1.82) is 0 Å². The second-order valence-electron chi connectivity index (χ2n) is 4.61. The molecule has 0 saturated carbocycles. The third kappa shape index (κ3) is 1.64. The molecule has 0 fully saturated rings. The highest BCUT2D eigenvalue weighted by Crippen LogP contribution is 2.37. The predicted molar refractivity (Wildman–Crippen MR) is 70.2 cm³/mol. The van der Waals surface area contributed by atoms with Gasteiger partial charge in [-0.25, -0.2) is 0 Å². The fraction of sp³-hybridized carbons (Fsp3) is 0.286. The van der Waals surface area contributed by atoms with E-state index in [0.29, 0.717) is 6.42 Å². The monoisotopic (exact) mass is 247 g/mol. The van der Waals surface area contributed by atoms with Crippen LogP contribution in [0.15, 0.2) is 36.4 Å². The van der Waals surface area contributed by atoms with Crippen LogP contribution in [0.4, 0.5) is 0 Å². The summed E-state index contributed by atoms with van der Waals surface area (Å²) in [5, 5.41) is 11.9. The van der Waals surface area contributed by atoms with Gasteiger partial charge < -0.3 is 10.8 Å². The molecule has 2 aromatic carbocycles. The minimum Gasteiger partial charge on any atom is -0.390 e. The van der Waals surface area contributed by atoms with Crippen molar-refractivity contribution in [2.75, 3.05) is 0 Å². The van der Waals surface area contributed by atoms with E-state index < -0.39 is 11.5 Å². The van der Waals surface area contributed by atoms with Crippen molar-refractivity contribution in [2.24, 2.45) is 5.73 Å². The molecule has 88 valence electrons. The minimum absolute atomic E-state index is 0.282. The summed E-state index contributed by atoms with van der Waals surface area (Å²) >= 11 is 6.26. The van der Waals surface area contributed by atoms with Gasteiger partial charge >= 0.3 is 0 Å². The van der Waals surface area contributed by atoms with Gasteiger partial charge in [-0.1, -0.05) is 36.4 Å². The lowest BCUT2D eigenvalue weighted by Crippen LogP contribution is -2.42. The number of benzene rings is 2. The van der Waals surface area contributed by atoms with E-state index in [0.717, 1.165) is 5.56 Å². The predicted octanol–water partition coefficient (Wildman–Crippen LogP) is 2.36. The van der Waals surface area contributed by atoms with Crippen molar-refractivity contribution in [3.8, 4) is 0 Å². The van der Waals surface area contributed by atoms with Gasteiger partial charge in [-0.3, -0.25) is 0 Å². The van der Waals surface area contributed by atoms with Crippen LogP contribution in [0.2, 0.25) is 0 Å². The first-order chi connectivity index (χ1) is 8.18.